The first kappa shape index (κ1) is 14.9. The minimum absolute atomic E-state index is 0.342. The Morgan fingerprint density at radius 1 is 0.955 bits per heavy atom. The zero-order valence-corrected chi connectivity index (χ0v) is 12.9. The van der Waals surface area contributed by atoms with Crippen molar-refractivity contribution in [3.63, 3.8) is 0 Å². The van der Waals surface area contributed by atoms with E-state index in [-0.39, 0.29) is 0 Å². The molecule has 116 valence electrons. The highest BCUT2D eigenvalue weighted by molar-refractivity contribution is 5.38. The van der Waals surface area contributed by atoms with Crippen LogP contribution in [-0.4, -0.2) is 47.7 Å². The summed E-state index contributed by atoms with van der Waals surface area (Å²) in [5.41, 5.74) is 1.30. The monoisotopic (exact) mass is 297 g/mol. The van der Waals surface area contributed by atoms with Gasteiger partial charge in [0.15, 0.2) is 0 Å². The first-order valence-corrected chi connectivity index (χ1v) is 7.97. The number of pyridine rings is 1. The molecular formula is C18H23N3O. The second-order valence-corrected chi connectivity index (χ2v) is 5.79. The molecule has 0 radical (unpaired) electrons. The molecule has 1 fully saturated rings. The van der Waals surface area contributed by atoms with Gasteiger partial charge in [-0.2, -0.15) is 0 Å². The Morgan fingerprint density at radius 3 is 2.41 bits per heavy atom. The number of hydrogen-bond acceptors (Lipinski definition) is 4. The molecule has 1 saturated heterocycles. The molecule has 3 rings (SSSR count). The molecule has 4 heteroatoms. The summed E-state index contributed by atoms with van der Waals surface area (Å²) in [5.74, 6) is 1.43. The van der Waals surface area contributed by atoms with Gasteiger partial charge in [-0.15, -0.1) is 0 Å². The van der Waals surface area contributed by atoms with Gasteiger partial charge in [-0.25, -0.2) is 4.98 Å². The molecule has 2 aromatic rings. The molecular weight excluding hydrogens is 274 g/mol. The van der Waals surface area contributed by atoms with Crippen LogP contribution >= 0.6 is 0 Å². The van der Waals surface area contributed by atoms with E-state index in [1.807, 2.05) is 30.5 Å². The van der Waals surface area contributed by atoms with Gasteiger partial charge in [0.2, 0.25) is 0 Å². The molecule has 1 aliphatic rings. The highest BCUT2D eigenvalue weighted by atomic mass is 16.3. The van der Waals surface area contributed by atoms with Gasteiger partial charge in [0, 0.05) is 32.4 Å². The van der Waals surface area contributed by atoms with Gasteiger partial charge < -0.3 is 10.0 Å². The molecule has 0 amide bonds. The molecule has 1 N–H and O–H groups in total. The largest absolute Gasteiger partial charge is 0.508 e. The second kappa shape index (κ2) is 7.27. The zero-order chi connectivity index (χ0) is 15.2. The SMILES string of the molecule is Oc1ccc(CCCN2CCN(c3ccccn3)CC2)cc1. The summed E-state index contributed by atoms with van der Waals surface area (Å²) in [7, 11) is 0. The summed E-state index contributed by atoms with van der Waals surface area (Å²) < 4.78 is 0. The van der Waals surface area contributed by atoms with Crippen LogP contribution in [0.15, 0.2) is 48.7 Å². The average molecular weight is 297 g/mol. The van der Waals surface area contributed by atoms with E-state index >= 15 is 0 Å². The number of rotatable bonds is 5. The lowest BCUT2D eigenvalue weighted by Crippen LogP contribution is -2.46. The van der Waals surface area contributed by atoms with Crippen LogP contribution in [0.25, 0.3) is 0 Å². The van der Waals surface area contributed by atoms with Crippen molar-refractivity contribution in [3.05, 3.63) is 54.2 Å². The molecule has 2 heterocycles. The van der Waals surface area contributed by atoms with Crippen LogP contribution in [0.1, 0.15) is 12.0 Å². The molecule has 0 aliphatic carbocycles. The normalized spacial score (nSPS) is 15.9. The predicted molar refractivity (Wildman–Crippen MR) is 89.3 cm³/mol. The van der Waals surface area contributed by atoms with Crippen molar-refractivity contribution >= 4 is 5.82 Å². The van der Waals surface area contributed by atoms with Crippen LogP contribution in [0.4, 0.5) is 5.82 Å². The van der Waals surface area contributed by atoms with Crippen molar-refractivity contribution in [2.45, 2.75) is 12.8 Å². The maximum absolute atomic E-state index is 9.29. The summed E-state index contributed by atoms with van der Waals surface area (Å²) in [5, 5.41) is 9.29. The van der Waals surface area contributed by atoms with Crippen LogP contribution in [-0.2, 0) is 6.42 Å². The number of phenolic OH excluding ortho intramolecular Hbond substituents is 1. The van der Waals surface area contributed by atoms with Gasteiger partial charge in [0.05, 0.1) is 0 Å². The third-order valence-corrected chi connectivity index (χ3v) is 4.22. The van der Waals surface area contributed by atoms with E-state index in [0.717, 1.165) is 51.4 Å². The molecule has 0 saturated carbocycles. The first-order chi connectivity index (χ1) is 10.8. The van der Waals surface area contributed by atoms with Gasteiger partial charge in [0.1, 0.15) is 11.6 Å². The molecule has 1 aromatic carbocycles. The van der Waals surface area contributed by atoms with Crippen molar-refractivity contribution in [2.75, 3.05) is 37.6 Å². The Hall–Kier alpha value is -2.07. The topological polar surface area (TPSA) is 39.6 Å². The lowest BCUT2D eigenvalue weighted by atomic mass is 10.1. The van der Waals surface area contributed by atoms with Crippen molar-refractivity contribution < 1.29 is 5.11 Å². The quantitative estimate of drug-likeness (QED) is 0.920. The minimum Gasteiger partial charge on any atom is -0.508 e. The van der Waals surface area contributed by atoms with Gasteiger partial charge in [-0.05, 0) is 49.2 Å². The standard InChI is InChI=1S/C18H23N3O/c22-17-8-6-16(7-9-17)4-3-11-20-12-14-21(15-13-20)18-5-1-2-10-19-18/h1-2,5-10,22H,3-4,11-15H2. The number of hydrogen-bond donors (Lipinski definition) is 1. The van der Waals surface area contributed by atoms with Crippen LogP contribution in [0.2, 0.25) is 0 Å². The smallest absolute Gasteiger partial charge is 0.128 e. The van der Waals surface area contributed by atoms with E-state index in [1.54, 1.807) is 12.1 Å². The summed E-state index contributed by atoms with van der Waals surface area (Å²) in [6.07, 6.45) is 4.09. The van der Waals surface area contributed by atoms with E-state index < -0.39 is 0 Å². The Morgan fingerprint density at radius 2 is 1.73 bits per heavy atom. The molecule has 4 nitrogen and oxygen atoms in total. The first-order valence-electron chi connectivity index (χ1n) is 7.97. The fourth-order valence-electron chi connectivity index (χ4n) is 2.91. The fourth-order valence-corrected chi connectivity index (χ4v) is 2.91. The highest BCUT2D eigenvalue weighted by Crippen LogP contribution is 2.14. The van der Waals surface area contributed by atoms with E-state index in [0.29, 0.717) is 5.75 Å². The zero-order valence-electron chi connectivity index (χ0n) is 12.9. The number of benzene rings is 1. The Balaban J connectivity index is 1.40. The number of piperazine rings is 1. The Kier molecular flexibility index (Phi) is 4.91. The molecule has 1 aromatic heterocycles. The lowest BCUT2D eigenvalue weighted by molar-refractivity contribution is 0.254. The molecule has 0 bridgehead atoms. The maximum atomic E-state index is 9.29. The van der Waals surface area contributed by atoms with Gasteiger partial charge in [-0.1, -0.05) is 18.2 Å². The Labute approximate surface area is 132 Å². The van der Waals surface area contributed by atoms with Crippen LogP contribution < -0.4 is 4.90 Å². The van der Waals surface area contributed by atoms with E-state index in [9.17, 15) is 5.11 Å². The van der Waals surface area contributed by atoms with Gasteiger partial charge >= 0.3 is 0 Å². The van der Waals surface area contributed by atoms with E-state index in [2.05, 4.69) is 20.9 Å². The number of aromatic hydroxyl groups is 1. The molecule has 0 unspecified atom stereocenters. The summed E-state index contributed by atoms with van der Waals surface area (Å²) in [4.78, 5) is 9.31. The minimum atomic E-state index is 0.342. The number of anilines is 1. The summed E-state index contributed by atoms with van der Waals surface area (Å²) in [6, 6.07) is 13.6. The maximum Gasteiger partial charge on any atom is 0.128 e. The lowest BCUT2D eigenvalue weighted by Gasteiger charge is -2.35. The number of aromatic nitrogens is 1. The number of nitrogens with zero attached hydrogens (tertiary/aromatic N) is 3. The van der Waals surface area contributed by atoms with E-state index in [4.69, 9.17) is 0 Å². The van der Waals surface area contributed by atoms with Crippen LogP contribution in [0, 0.1) is 0 Å². The average Bonchev–Trinajstić information content (AvgIpc) is 2.58. The van der Waals surface area contributed by atoms with Crippen molar-refractivity contribution in [3.8, 4) is 5.75 Å². The molecule has 0 atom stereocenters. The fraction of sp³-hybridized carbons (Fsp3) is 0.389. The summed E-state index contributed by atoms with van der Waals surface area (Å²) >= 11 is 0. The number of aryl methyl sites for hydroxylation is 1. The van der Waals surface area contributed by atoms with Gasteiger partial charge in [0.25, 0.3) is 0 Å². The third kappa shape index (κ3) is 3.98. The van der Waals surface area contributed by atoms with Crippen molar-refractivity contribution in [1.82, 2.24) is 9.88 Å². The van der Waals surface area contributed by atoms with Crippen molar-refractivity contribution in [1.29, 1.82) is 0 Å². The van der Waals surface area contributed by atoms with Crippen LogP contribution in [0.3, 0.4) is 0 Å². The Bertz CT molecular complexity index is 563. The molecule has 1 aliphatic heterocycles. The second-order valence-electron chi connectivity index (χ2n) is 5.79. The molecule has 22 heavy (non-hydrogen) atoms. The van der Waals surface area contributed by atoms with Gasteiger partial charge in [-0.3, -0.25) is 4.90 Å². The third-order valence-electron chi connectivity index (χ3n) is 4.22. The predicted octanol–water partition coefficient (Wildman–Crippen LogP) is 2.54. The van der Waals surface area contributed by atoms with Crippen LogP contribution in [0.5, 0.6) is 5.75 Å². The summed E-state index contributed by atoms with van der Waals surface area (Å²) in [6.45, 7) is 5.45. The van der Waals surface area contributed by atoms with E-state index in [1.165, 1.54) is 5.56 Å². The molecule has 0 spiro atoms. The highest BCUT2D eigenvalue weighted by Gasteiger charge is 2.17. The van der Waals surface area contributed by atoms with Crippen molar-refractivity contribution in [2.24, 2.45) is 0 Å². The number of phenols is 1.